The standard InChI is InChI=1S/C6H9NO2/c1-4-5(2)9-6(3-8)7-4/h8H,3H2,1-2H3. The van der Waals surface area contributed by atoms with Crippen LogP contribution in [-0.4, -0.2) is 10.1 Å². The normalized spacial score (nSPS) is 10.1. The zero-order valence-electron chi connectivity index (χ0n) is 5.51. The monoisotopic (exact) mass is 127 g/mol. The van der Waals surface area contributed by atoms with Crippen LogP contribution in [0.2, 0.25) is 0 Å². The van der Waals surface area contributed by atoms with Crippen LogP contribution in [0, 0.1) is 13.8 Å². The molecule has 3 nitrogen and oxygen atoms in total. The summed E-state index contributed by atoms with van der Waals surface area (Å²) in [5, 5.41) is 8.52. The molecule has 0 amide bonds. The number of oxazole rings is 1. The molecule has 0 unspecified atom stereocenters. The minimum atomic E-state index is -0.116. The molecule has 0 saturated heterocycles. The van der Waals surface area contributed by atoms with Gasteiger partial charge in [0.1, 0.15) is 12.4 Å². The summed E-state index contributed by atoms with van der Waals surface area (Å²) in [7, 11) is 0. The zero-order chi connectivity index (χ0) is 6.85. The first-order chi connectivity index (χ1) is 4.24. The highest BCUT2D eigenvalue weighted by Crippen LogP contribution is 2.06. The van der Waals surface area contributed by atoms with Crippen LogP contribution in [0.1, 0.15) is 17.3 Å². The van der Waals surface area contributed by atoms with E-state index < -0.39 is 0 Å². The van der Waals surface area contributed by atoms with Crippen molar-refractivity contribution in [2.24, 2.45) is 0 Å². The Kier molecular flexibility index (Phi) is 1.53. The van der Waals surface area contributed by atoms with E-state index in [9.17, 15) is 0 Å². The SMILES string of the molecule is Cc1nc(CO)oc1C. The molecule has 3 heteroatoms. The molecule has 0 aliphatic carbocycles. The van der Waals surface area contributed by atoms with Crippen molar-refractivity contribution in [3.63, 3.8) is 0 Å². The smallest absolute Gasteiger partial charge is 0.220 e. The Balaban J connectivity index is 2.98. The van der Waals surface area contributed by atoms with E-state index in [2.05, 4.69) is 4.98 Å². The predicted molar refractivity (Wildman–Crippen MR) is 31.9 cm³/mol. The second-order valence-corrected chi connectivity index (χ2v) is 1.91. The number of nitrogens with zero attached hydrogens (tertiary/aromatic N) is 1. The van der Waals surface area contributed by atoms with Crippen LogP contribution < -0.4 is 0 Å². The fraction of sp³-hybridized carbons (Fsp3) is 0.500. The van der Waals surface area contributed by atoms with Gasteiger partial charge >= 0.3 is 0 Å². The molecule has 0 saturated carbocycles. The summed E-state index contributed by atoms with van der Waals surface area (Å²) in [5.74, 6) is 1.17. The first kappa shape index (κ1) is 6.29. The minimum Gasteiger partial charge on any atom is -0.443 e. The van der Waals surface area contributed by atoms with Crippen molar-refractivity contribution in [3.8, 4) is 0 Å². The van der Waals surface area contributed by atoms with Gasteiger partial charge in [0.2, 0.25) is 5.89 Å². The van der Waals surface area contributed by atoms with Crippen molar-refractivity contribution in [2.75, 3.05) is 0 Å². The molecule has 0 fully saturated rings. The van der Waals surface area contributed by atoms with Crippen molar-refractivity contribution >= 4 is 0 Å². The molecule has 0 aromatic carbocycles. The highest BCUT2D eigenvalue weighted by molar-refractivity contribution is 5.04. The third kappa shape index (κ3) is 1.10. The number of aliphatic hydroxyl groups excluding tert-OH is 1. The Hall–Kier alpha value is -0.830. The number of aromatic nitrogens is 1. The van der Waals surface area contributed by atoms with Crippen LogP contribution >= 0.6 is 0 Å². The van der Waals surface area contributed by atoms with Crippen molar-refractivity contribution in [3.05, 3.63) is 17.3 Å². The predicted octanol–water partition coefficient (Wildman–Crippen LogP) is 0.784. The Morgan fingerprint density at radius 1 is 1.56 bits per heavy atom. The number of hydrogen-bond donors (Lipinski definition) is 1. The average molecular weight is 127 g/mol. The quantitative estimate of drug-likeness (QED) is 0.606. The lowest BCUT2D eigenvalue weighted by molar-refractivity contribution is 0.238. The summed E-state index contributed by atoms with van der Waals surface area (Å²) in [4.78, 5) is 3.91. The molecule has 0 aliphatic rings. The van der Waals surface area contributed by atoms with Gasteiger partial charge in [-0.2, -0.15) is 0 Å². The van der Waals surface area contributed by atoms with Gasteiger partial charge < -0.3 is 9.52 Å². The molecule has 0 atom stereocenters. The van der Waals surface area contributed by atoms with Crippen LogP contribution in [-0.2, 0) is 6.61 Å². The van der Waals surface area contributed by atoms with Crippen LogP contribution in [0.5, 0.6) is 0 Å². The van der Waals surface area contributed by atoms with E-state index >= 15 is 0 Å². The van der Waals surface area contributed by atoms with Crippen molar-refractivity contribution in [2.45, 2.75) is 20.5 Å². The Bertz CT molecular complexity index is 185. The van der Waals surface area contributed by atoms with E-state index in [-0.39, 0.29) is 6.61 Å². The van der Waals surface area contributed by atoms with Gasteiger partial charge in [0.25, 0.3) is 0 Å². The maximum absolute atomic E-state index is 8.52. The minimum absolute atomic E-state index is 0.116. The third-order valence-electron chi connectivity index (χ3n) is 1.21. The molecule has 1 aromatic rings. The lowest BCUT2D eigenvalue weighted by Gasteiger charge is -1.80. The van der Waals surface area contributed by atoms with E-state index in [0.717, 1.165) is 11.5 Å². The van der Waals surface area contributed by atoms with Crippen LogP contribution in [0.4, 0.5) is 0 Å². The molecular formula is C6H9NO2. The second kappa shape index (κ2) is 2.19. The van der Waals surface area contributed by atoms with Gasteiger partial charge in [0.15, 0.2) is 0 Å². The van der Waals surface area contributed by atoms with Crippen molar-refractivity contribution < 1.29 is 9.52 Å². The molecule has 1 rings (SSSR count). The van der Waals surface area contributed by atoms with E-state index in [0.29, 0.717) is 5.89 Å². The number of aliphatic hydroxyl groups is 1. The molecule has 1 aromatic heterocycles. The van der Waals surface area contributed by atoms with Crippen LogP contribution in [0.3, 0.4) is 0 Å². The van der Waals surface area contributed by atoms with E-state index in [4.69, 9.17) is 9.52 Å². The summed E-state index contributed by atoms with van der Waals surface area (Å²) in [6.07, 6.45) is 0. The Morgan fingerprint density at radius 3 is 2.44 bits per heavy atom. The maximum atomic E-state index is 8.52. The summed E-state index contributed by atoms with van der Waals surface area (Å²) >= 11 is 0. The second-order valence-electron chi connectivity index (χ2n) is 1.91. The molecule has 9 heavy (non-hydrogen) atoms. The molecular weight excluding hydrogens is 118 g/mol. The first-order valence-electron chi connectivity index (χ1n) is 2.78. The first-order valence-corrected chi connectivity index (χ1v) is 2.78. The van der Waals surface area contributed by atoms with Gasteiger partial charge in [-0.15, -0.1) is 0 Å². The molecule has 0 radical (unpaired) electrons. The maximum Gasteiger partial charge on any atom is 0.220 e. The lowest BCUT2D eigenvalue weighted by atomic mass is 10.4. The van der Waals surface area contributed by atoms with Gasteiger partial charge in [0.05, 0.1) is 5.69 Å². The van der Waals surface area contributed by atoms with Gasteiger partial charge in [-0.3, -0.25) is 0 Å². The summed E-state index contributed by atoms with van der Waals surface area (Å²) < 4.78 is 5.00. The third-order valence-corrected chi connectivity index (χ3v) is 1.21. The van der Waals surface area contributed by atoms with Crippen LogP contribution in [0.15, 0.2) is 4.42 Å². The number of aryl methyl sites for hydroxylation is 2. The lowest BCUT2D eigenvalue weighted by Crippen LogP contribution is -1.80. The molecule has 0 bridgehead atoms. The Morgan fingerprint density at radius 2 is 2.22 bits per heavy atom. The highest BCUT2D eigenvalue weighted by atomic mass is 16.4. The van der Waals surface area contributed by atoms with Gasteiger partial charge in [-0.1, -0.05) is 0 Å². The molecule has 1 N–H and O–H groups in total. The van der Waals surface area contributed by atoms with Crippen molar-refractivity contribution in [1.29, 1.82) is 0 Å². The van der Waals surface area contributed by atoms with Gasteiger partial charge in [-0.05, 0) is 13.8 Å². The van der Waals surface area contributed by atoms with E-state index in [1.54, 1.807) is 0 Å². The topological polar surface area (TPSA) is 46.3 Å². The molecule has 1 heterocycles. The fourth-order valence-corrected chi connectivity index (χ4v) is 0.607. The van der Waals surface area contributed by atoms with Crippen molar-refractivity contribution in [1.82, 2.24) is 4.98 Å². The Labute approximate surface area is 53.3 Å². The van der Waals surface area contributed by atoms with Gasteiger partial charge in [0, 0.05) is 0 Å². The van der Waals surface area contributed by atoms with Gasteiger partial charge in [-0.25, -0.2) is 4.98 Å². The average Bonchev–Trinajstić information content (AvgIpc) is 2.13. The summed E-state index contributed by atoms with van der Waals surface area (Å²) in [5.41, 5.74) is 0.846. The number of rotatable bonds is 1. The summed E-state index contributed by atoms with van der Waals surface area (Å²) in [6, 6.07) is 0. The molecule has 0 aliphatic heterocycles. The number of hydrogen-bond acceptors (Lipinski definition) is 3. The molecule has 0 spiro atoms. The van der Waals surface area contributed by atoms with E-state index in [1.165, 1.54) is 0 Å². The van der Waals surface area contributed by atoms with Crippen LogP contribution in [0.25, 0.3) is 0 Å². The fourth-order valence-electron chi connectivity index (χ4n) is 0.607. The molecule has 50 valence electrons. The highest BCUT2D eigenvalue weighted by Gasteiger charge is 2.01. The zero-order valence-corrected chi connectivity index (χ0v) is 5.51. The summed E-state index contributed by atoms with van der Waals surface area (Å²) in [6.45, 7) is 3.55. The largest absolute Gasteiger partial charge is 0.443 e. The van der Waals surface area contributed by atoms with E-state index in [1.807, 2.05) is 13.8 Å².